The second kappa shape index (κ2) is 5.36. The van der Waals surface area contributed by atoms with Crippen molar-refractivity contribution in [2.75, 3.05) is 0 Å². The van der Waals surface area contributed by atoms with E-state index < -0.39 is 8.38 Å². The summed E-state index contributed by atoms with van der Waals surface area (Å²) in [6.45, 7) is 0. The highest BCUT2D eigenvalue weighted by Crippen LogP contribution is 2.49. The zero-order valence-electron chi connectivity index (χ0n) is 11.6. The molecule has 22 heavy (non-hydrogen) atoms. The van der Waals surface area contributed by atoms with Gasteiger partial charge >= 0.3 is 8.38 Å². The number of para-hydroxylation sites is 1. The van der Waals surface area contributed by atoms with Crippen molar-refractivity contribution in [2.45, 2.75) is 0 Å². The van der Waals surface area contributed by atoms with Crippen molar-refractivity contribution in [3.8, 4) is 28.4 Å². The van der Waals surface area contributed by atoms with Crippen LogP contribution in [0.5, 0.6) is 17.2 Å². The number of rotatable bonds is 2. The summed E-state index contributed by atoms with van der Waals surface area (Å²) in [6, 6.07) is 22.8. The number of aromatic hydroxyl groups is 1. The number of fused-ring (bicyclic) bond motifs is 3. The van der Waals surface area contributed by atoms with Gasteiger partial charge in [-0.1, -0.05) is 36.4 Å². The van der Waals surface area contributed by atoms with Crippen LogP contribution in [-0.4, -0.2) is 5.11 Å². The molecule has 3 aromatic rings. The Balaban J connectivity index is 1.74. The number of phenolic OH excluding ortho intramolecular Hbond substituents is 1. The minimum absolute atomic E-state index is 0.218. The minimum atomic E-state index is -1.24. The molecular weight excluding hydrogens is 295 g/mol. The molecular formula is C18H13O3P. The fraction of sp³-hybridized carbons (Fsp3) is 0. The summed E-state index contributed by atoms with van der Waals surface area (Å²) in [5, 5.41) is 10.4. The van der Waals surface area contributed by atoms with Gasteiger partial charge in [-0.25, -0.2) is 0 Å². The smallest absolute Gasteiger partial charge is 0.326 e. The van der Waals surface area contributed by atoms with Crippen molar-refractivity contribution in [3.63, 3.8) is 0 Å². The first-order valence-corrected chi connectivity index (χ1v) is 8.12. The lowest BCUT2D eigenvalue weighted by atomic mass is 10.0. The van der Waals surface area contributed by atoms with Crippen LogP contribution in [0.25, 0.3) is 11.1 Å². The highest BCUT2D eigenvalue weighted by molar-refractivity contribution is 7.57. The first-order valence-electron chi connectivity index (χ1n) is 6.95. The molecule has 0 aliphatic carbocycles. The van der Waals surface area contributed by atoms with Gasteiger partial charge in [-0.05, 0) is 42.0 Å². The van der Waals surface area contributed by atoms with Crippen molar-refractivity contribution in [3.05, 3.63) is 72.8 Å². The first kappa shape index (κ1) is 13.2. The van der Waals surface area contributed by atoms with Crippen molar-refractivity contribution in [1.29, 1.82) is 0 Å². The second-order valence-corrected chi connectivity index (χ2v) is 6.31. The lowest BCUT2D eigenvalue weighted by Crippen LogP contribution is -2.17. The Morgan fingerprint density at radius 2 is 1.45 bits per heavy atom. The third-order valence-corrected chi connectivity index (χ3v) is 5.01. The maximum Gasteiger partial charge on any atom is 0.326 e. The molecule has 1 heterocycles. The molecule has 3 nitrogen and oxygen atoms in total. The number of benzene rings is 3. The Labute approximate surface area is 129 Å². The van der Waals surface area contributed by atoms with Gasteiger partial charge in [0.05, 0.1) is 5.30 Å². The summed E-state index contributed by atoms with van der Waals surface area (Å²) >= 11 is 0. The molecule has 0 saturated heterocycles. The fourth-order valence-corrected chi connectivity index (χ4v) is 3.92. The van der Waals surface area contributed by atoms with Gasteiger partial charge < -0.3 is 14.2 Å². The van der Waals surface area contributed by atoms with Crippen LogP contribution < -0.4 is 14.4 Å². The van der Waals surface area contributed by atoms with Crippen LogP contribution >= 0.6 is 8.38 Å². The molecule has 0 radical (unpaired) electrons. The Bertz CT molecular complexity index is 815. The van der Waals surface area contributed by atoms with E-state index in [4.69, 9.17) is 9.05 Å². The third-order valence-electron chi connectivity index (χ3n) is 3.48. The summed E-state index contributed by atoms with van der Waals surface area (Å²) in [6.07, 6.45) is 0. The first-order chi connectivity index (χ1) is 10.8. The van der Waals surface area contributed by atoms with Gasteiger partial charge in [-0.3, -0.25) is 0 Å². The van der Waals surface area contributed by atoms with E-state index in [1.165, 1.54) is 0 Å². The zero-order chi connectivity index (χ0) is 14.9. The molecule has 108 valence electrons. The lowest BCUT2D eigenvalue weighted by molar-refractivity contribution is 0.471. The molecule has 0 amide bonds. The lowest BCUT2D eigenvalue weighted by Gasteiger charge is -2.27. The van der Waals surface area contributed by atoms with Gasteiger partial charge in [0.1, 0.15) is 17.2 Å². The summed E-state index contributed by atoms with van der Waals surface area (Å²) in [4.78, 5) is 0. The molecule has 1 aliphatic rings. The quantitative estimate of drug-likeness (QED) is 0.710. The molecule has 1 unspecified atom stereocenters. The van der Waals surface area contributed by atoms with E-state index in [9.17, 15) is 5.11 Å². The SMILES string of the molecule is Oc1ccc(OP2Oc3ccccc3-c3ccccc32)cc1. The molecule has 1 atom stereocenters. The van der Waals surface area contributed by atoms with Gasteiger partial charge in [0, 0.05) is 5.56 Å². The van der Waals surface area contributed by atoms with E-state index in [2.05, 4.69) is 12.1 Å². The van der Waals surface area contributed by atoms with Gasteiger partial charge in [0.25, 0.3) is 0 Å². The highest BCUT2D eigenvalue weighted by atomic mass is 31.2. The van der Waals surface area contributed by atoms with Gasteiger partial charge in [0.15, 0.2) is 0 Å². The van der Waals surface area contributed by atoms with E-state index in [0.717, 1.165) is 22.2 Å². The summed E-state index contributed by atoms with van der Waals surface area (Å²) in [5.41, 5.74) is 2.24. The highest BCUT2D eigenvalue weighted by Gasteiger charge is 2.28. The van der Waals surface area contributed by atoms with Crippen LogP contribution in [0.3, 0.4) is 0 Å². The predicted molar refractivity (Wildman–Crippen MR) is 87.8 cm³/mol. The van der Waals surface area contributed by atoms with Crippen molar-refractivity contribution >= 4 is 13.7 Å². The zero-order valence-corrected chi connectivity index (χ0v) is 12.5. The molecule has 0 fully saturated rings. The Kier molecular flexibility index (Phi) is 3.21. The molecule has 0 bridgehead atoms. The molecule has 1 N–H and O–H groups in total. The Morgan fingerprint density at radius 3 is 2.27 bits per heavy atom. The Hall–Kier alpha value is -2.51. The number of hydrogen-bond donors (Lipinski definition) is 1. The molecule has 0 aromatic heterocycles. The second-order valence-electron chi connectivity index (χ2n) is 4.95. The topological polar surface area (TPSA) is 38.7 Å². The van der Waals surface area contributed by atoms with Crippen LogP contribution in [0, 0.1) is 0 Å². The predicted octanol–water partition coefficient (Wildman–Crippen LogP) is 4.47. The van der Waals surface area contributed by atoms with E-state index in [-0.39, 0.29) is 5.75 Å². The summed E-state index contributed by atoms with van der Waals surface area (Å²) in [5.74, 6) is 1.74. The van der Waals surface area contributed by atoms with E-state index in [0.29, 0.717) is 5.75 Å². The molecule has 3 aromatic carbocycles. The molecule has 4 rings (SSSR count). The van der Waals surface area contributed by atoms with E-state index >= 15 is 0 Å². The van der Waals surface area contributed by atoms with E-state index in [1.807, 2.05) is 36.4 Å². The third kappa shape index (κ3) is 2.30. The number of phenols is 1. The normalized spacial score (nSPS) is 15.4. The maximum absolute atomic E-state index is 9.37. The van der Waals surface area contributed by atoms with E-state index in [1.54, 1.807) is 24.3 Å². The average molecular weight is 308 g/mol. The average Bonchev–Trinajstić information content (AvgIpc) is 2.57. The van der Waals surface area contributed by atoms with Crippen molar-refractivity contribution in [1.82, 2.24) is 0 Å². The van der Waals surface area contributed by atoms with Crippen LogP contribution in [0.15, 0.2) is 72.8 Å². The molecule has 0 spiro atoms. The largest absolute Gasteiger partial charge is 0.508 e. The van der Waals surface area contributed by atoms with Crippen LogP contribution in [0.2, 0.25) is 0 Å². The minimum Gasteiger partial charge on any atom is -0.508 e. The van der Waals surface area contributed by atoms with Crippen LogP contribution in [0.4, 0.5) is 0 Å². The fourth-order valence-electron chi connectivity index (χ4n) is 2.44. The molecule has 4 heteroatoms. The van der Waals surface area contributed by atoms with Gasteiger partial charge in [-0.15, -0.1) is 0 Å². The van der Waals surface area contributed by atoms with Gasteiger partial charge in [0.2, 0.25) is 0 Å². The summed E-state index contributed by atoms with van der Waals surface area (Å²) < 4.78 is 12.1. The standard InChI is InChI=1S/C18H13O3P/c19-13-9-11-14(12-10-13)20-22-18-8-4-2-6-16(18)15-5-1-3-7-17(15)21-22/h1-12,19H. The summed E-state index contributed by atoms with van der Waals surface area (Å²) in [7, 11) is -1.24. The maximum atomic E-state index is 9.37. The number of hydrogen-bond acceptors (Lipinski definition) is 3. The van der Waals surface area contributed by atoms with Crippen molar-refractivity contribution < 1.29 is 14.2 Å². The van der Waals surface area contributed by atoms with Crippen LogP contribution in [-0.2, 0) is 0 Å². The van der Waals surface area contributed by atoms with Crippen molar-refractivity contribution in [2.24, 2.45) is 0 Å². The van der Waals surface area contributed by atoms with Gasteiger partial charge in [-0.2, -0.15) is 0 Å². The Morgan fingerprint density at radius 1 is 0.773 bits per heavy atom. The monoisotopic (exact) mass is 308 g/mol. The molecule has 0 saturated carbocycles. The van der Waals surface area contributed by atoms with Crippen LogP contribution in [0.1, 0.15) is 0 Å². The molecule has 1 aliphatic heterocycles.